The quantitative estimate of drug-likeness (QED) is 0.386. The van der Waals surface area contributed by atoms with Crippen LogP contribution in [0.4, 0.5) is 17.5 Å². The molecule has 0 atom stereocenters. The number of aromatic nitrogens is 2. The fraction of sp³-hybridized carbons (Fsp3) is 0.130. The predicted octanol–water partition coefficient (Wildman–Crippen LogP) is 6.09. The van der Waals surface area contributed by atoms with Crippen molar-refractivity contribution in [1.29, 1.82) is 0 Å². The van der Waals surface area contributed by atoms with Gasteiger partial charge in [0.1, 0.15) is 11.6 Å². The van der Waals surface area contributed by atoms with Gasteiger partial charge in [0.05, 0.1) is 12.1 Å². The molecule has 0 aliphatic carbocycles. The normalized spacial score (nSPS) is 10.9. The van der Waals surface area contributed by atoms with Crippen molar-refractivity contribution >= 4 is 44.3 Å². The summed E-state index contributed by atoms with van der Waals surface area (Å²) in [5.41, 5.74) is 10.9. The van der Waals surface area contributed by atoms with Gasteiger partial charge in [0.25, 0.3) is 0 Å². The molecular weight excluding hydrogens is 428 g/mol. The molecule has 0 fully saturated rings. The van der Waals surface area contributed by atoms with Gasteiger partial charge in [-0.1, -0.05) is 39.7 Å². The van der Waals surface area contributed by atoms with E-state index in [1.165, 1.54) is 5.56 Å². The van der Waals surface area contributed by atoms with Gasteiger partial charge in [-0.15, -0.1) is 0 Å². The molecule has 0 unspecified atom stereocenters. The number of anilines is 3. The van der Waals surface area contributed by atoms with Crippen LogP contribution in [0.15, 0.2) is 65.1 Å². The lowest BCUT2D eigenvalue weighted by molar-refractivity contribution is 0.341. The first-order valence-corrected chi connectivity index (χ1v) is 10.2. The third-order valence-electron chi connectivity index (χ3n) is 4.55. The number of nitrogens with one attached hydrogen (secondary N) is 1. The summed E-state index contributed by atoms with van der Waals surface area (Å²) in [5.74, 6) is 1.75. The van der Waals surface area contributed by atoms with Crippen molar-refractivity contribution in [3.63, 3.8) is 0 Å². The van der Waals surface area contributed by atoms with Gasteiger partial charge in [0, 0.05) is 21.1 Å². The fourth-order valence-electron chi connectivity index (χ4n) is 3.26. The summed E-state index contributed by atoms with van der Waals surface area (Å²) >= 11 is 3.50. The second kappa shape index (κ2) is 8.09. The van der Waals surface area contributed by atoms with Crippen LogP contribution in [0, 0.1) is 6.92 Å². The van der Waals surface area contributed by atoms with Crippen LogP contribution in [-0.4, -0.2) is 16.6 Å². The summed E-state index contributed by atoms with van der Waals surface area (Å²) in [6.07, 6.45) is 0. The van der Waals surface area contributed by atoms with Crippen LogP contribution in [0.5, 0.6) is 5.75 Å². The highest BCUT2D eigenvalue weighted by atomic mass is 79.9. The summed E-state index contributed by atoms with van der Waals surface area (Å²) in [7, 11) is 0. The number of nitrogen functional groups attached to an aromatic ring is 1. The van der Waals surface area contributed by atoms with Gasteiger partial charge in [-0.25, -0.2) is 4.98 Å². The van der Waals surface area contributed by atoms with Gasteiger partial charge in [0.2, 0.25) is 5.95 Å². The maximum Gasteiger partial charge on any atom is 0.222 e. The second-order valence-electron chi connectivity index (χ2n) is 6.73. The van der Waals surface area contributed by atoms with Gasteiger partial charge < -0.3 is 15.8 Å². The number of hydrogen-bond acceptors (Lipinski definition) is 5. The average Bonchev–Trinajstić information content (AvgIpc) is 2.69. The lowest BCUT2D eigenvalue weighted by Crippen LogP contribution is -2.02. The SMILES string of the molecule is CCOc1ccc(C)cc1-c1ccc2nc(N)nc(Nc3cccc(Br)c3)c2c1. The van der Waals surface area contributed by atoms with E-state index in [1.54, 1.807) is 0 Å². The maximum atomic E-state index is 5.95. The Morgan fingerprint density at radius 2 is 1.90 bits per heavy atom. The smallest absolute Gasteiger partial charge is 0.222 e. The van der Waals surface area contributed by atoms with Crippen LogP contribution in [0.1, 0.15) is 12.5 Å². The Bertz CT molecular complexity index is 1190. The van der Waals surface area contributed by atoms with Crippen molar-refractivity contribution in [2.45, 2.75) is 13.8 Å². The van der Waals surface area contributed by atoms with E-state index in [4.69, 9.17) is 10.5 Å². The van der Waals surface area contributed by atoms with E-state index in [9.17, 15) is 0 Å². The van der Waals surface area contributed by atoms with Gasteiger partial charge >= 0.3 is 0 Å². The van der Waals surface area contributed by atoms with Crippen molar-refractivity contribution in [2.75, 3.05) is 17.7 Å². The fourth-order valence-corrected chi connectivity index (χ4v) is 3.66. The molecule has 5 nitrogen and oxygen atoms in total. The number of rotatable bonds is 5. The molecule has 4 aromatic rings. The zero-order valence-electron chi connectivity index (χ0n) is 16.2. The zero-order valence-corrected chi connectivity index (χ0v) is 17.8. The average molecular weight is 449 g/mol. The Kier molecular flexibility index (Phi) is 5.36. The van der Waals surface area contributed by atoms with E-state index in [1.807, 2.05) is 49.4 Å². The van der Waals surface area contributed by atoms with E-state index in [-0.39, 0.29) is 5.95 Å². The summed E-state index contributed by atoms with van der Waals surface area (Å²) < 4.78 is 6.83. The molecule has 3 N–H and O–H groups in total. The molecule has 4 rings (SSSR count). The molecule has 146 valence electrons. The minimum absolute atomic E-state index is 0.230. The Morgan fingerprint density at radius 1 is 1.03 bits per heavy atom. The van der Waals surface area contributed by atoms with Gasteiger partial charge in [-0.3, -0.25) is 0 Å². The summed E-state index contributed by atoms with van der Waals surface area (Å²) in [6, 6.07) is 20.2. The highest BCUT2D eigenvalue weighted by Crippen LogP contribution is 2.35. The third kappa shape index (κ3) is 4.17. The van der Waals surface area contributed by atoms with E-state index < -0.39 is 0 Å². The third-order valence-corrected chi connectivity index (χ3v) is 5.04. The molecule has 3 aromatic carbocycles. The molecule has 0 aliphatic heterocycles. The van der Waals surface area contributed by atoms with Crippen molar-refractivity contribution in [1.82, 2.24) is 9.97 Å². The molecule has 29 heavy (non-hydrogen) atoms. The van der Waals surface area contributed by atoms with Crippen LogP contribution in [-0.2, 0) is 0 Å². The van der Waals surface area contributed by atoms with Crippen LogP contribution in [0.3, 0.4) is 0 Å². The Hall–Kier alpha value is -3.12. The van der Waals surface area contributed by atoms with Gasteiger partial charge in [-0.2, -0.15) is 4.98 Å². The molecule has 0 saturated heterocycles. The topological polar surface area (TPSA) is 73.1 Å². The van der Waals surface area contributed by atoms with Crippen molar-refractivity contribution in [3.05, 3.63) is 70.7 Å². The highest BCUT2D eigenvalue weighted by molar-refractivity contribution is 9.10. The largest absolute Gasteiger partial charge is 0.493 e. The van der Waals surface area contributed by atoms with Crippen molar-refractivity contribution in [2.24, 2.45) is 0 Å². The molecule has 1 aromatic heterocycles. The number of halogens is 1. The maximum absolute atomic E-state index is 5.95. The zero-order chi connectivity index (χ0) is 20.4. The number of hydrogen-bond donors (Lipinski definition) is 2. The first-order valence-electron chi connectivity index (χ1n) is 9.37. The number of nitrogens with zero attached hydrogens (tertiary/aromatic N) is 2. The van der Waals surface area contributed by atoms with Crippen molar-refractivity contribution in [3.8, 4) is 16.9 Å². The first kappa shape index (κ1) is 19.2. The number of fused-ring (bicyclic) bond motifs is 1. The van der Waals surface area contributed by atoms with Gasteiger partial charge in [-0.05, 0) is 61.9 Å². The molecule has 1 heterocycles. The van der Waals surface area contributed by atoms with E-state index in [2.05, 4.69) is 56.3 Å². The standard InChI is InChI=1S/C23H21BrN4O/c1-3-29-21-10-7-14(2)11-18(21)15-8-9-20-19(12-15)22(28-23(25)27-20)26-17-6-4-5-16(24)13-17/h4-13H,3H2,1-2H3,(H3,25,26,27,28). The number of benzene rings is 3. The van der Waals surface area contributed by atoms with E-state index in [0.29, 0.717) is 12.4 Å². The van der Waals surface area contributed by atoms with Crippen LogP contribution in [0.2, 0.25) is 0 Å². The first-order chi connectivity index (χ1) is 14.0. The molecule has 0 radical (unpaired) electrons. The molecule has 0 bridgehead atoms. The monoisotopic (exact) mass is 448 g/mol. The molecule has 6 heteroatoms. The Labute approximate surface area is 178 Å². The van der Waals surface area contributed by atoms with Crippen LogP contribution >= 0.6 is 15.9 Å². The lowest BCUT2D eigenvalue weighted by Gasteiger charge is -2.14. The van der Waals surface area contributed by atoms with E-state index in [0.717, 1.165) is 37.9 Å². The van der Waals surface area contributed by atoms with E-state index >= 15 is 0 Å². The minimum atomic E-state index is 0.230. The van der Waals surface area contributed by atoms with Crippen LogP contribution in [0.25, 0.3) is 22.0 Å². The summed E-state index contributed by atoms with van der Waals surface area (Å²) in [4.78, 5) is 8.84. The van der Waals surface area contributed by atoms with Crippen LogP contribution < -0.4 is 15.8 Å². The minimum Gasteiger partial charge on any atom is -0.493 e. The molecule has 0 amide bonds. The Morgan fingerprint density at radius 3 is 2.69 bits per heavy atom. The van der Waals surface area contributed by atoms with Gasteiger partial charge in [0.15, 0.2) is 0 Å². The van der Waals surface area contributed by atoms with Crippen molar-refractivity contribution < 1.29 is 4.74 Å². The molecule has 0 aliphatic rings. The number of nitrogens with two attached hydrogens (primary N) is 1. The predicted molar refractivity (Wildman–Crippen MR) is 123 cm³/mol. The summed E-state index contributed by atoms with van der Waals surface area (Å²) in [6.45, 7) is 4.67. The highest BCUT2D eigenvalue weighted by Gasteiger charge is 2.12. The number of aryl methyl sites for hydroxylation is 1. The number of ether oxygens (including phenoxy) is 1. The molecular formula is C23H21BrN4O. The second-order valence-corrected chi connectivity index (χ2v) is 7.65. The molecule has 0 spiro atoms. The lowest BCUT2D eigenvalue weighted by atomic mass is 10.0. The summed E-state index contributed by atoms with van der Waals surface area (Å²) in [5, 5.41) is 4.26. The Balaban J connectivity index is 1.85. The molecule has 0 saturated carbocycles.